The summed E-state index contributed by atoms with van der Waals surface area (Å²) in [5.74, 6) is 2.48. The third kappa shape index (κ3) is 4.05. The van der Waals surface area contributed by atoms with Gasteiger partial charge in [0.25, 0.3) is 0 Å². The van der Waals surface area contributed by atoms with Gasteiger partial charge in [0.15, 0.2) is 0 Å². The van der Waals surface area contributed by atoms with Gasteiger partial charge in [0.2, 0.25) is 0 Å². The van der Waals surface area contributed by atoms with Crippen LogP contribution in [0.5, 0.6) is 11.5 Å². The Bertz CT molecular complexity index is 324. The van der Waals surface area contributed by atoms with Crippen LogP contribution in [0.25, 0.3) is 0 Å². The summed E-state index contributed by atoms with van der Waals surface area (Å²) in [5.41, 5.74) is 1.13. The zero-order chi connectivity index (χ0) is 12.0. The third-order valence-electron chi connectivity index (χ3n) is 2.36. The van der Waals surface area contributed by atoms with Crippen LogP contribution in [0.1, 0.15) is 25.8 Å². The summed E-state index contributed by atoms with van der Waals surface area (Å²) in [6.45, 7) is 5.16. The summed E-state index contributed by atoms with van der Waals surface area (Å²) in [4.78, 5) is 0. The van der Waals surface area contributed by atoms with Gasteiger partial charge in [-0.05, 0) is 30.5 Å². The normalized spacial score (nSPS) is 10.6. The van der Waals surface area contributed by atoms with Gasteiger partial charge in [-0.15, -0.1) is 0 Å². The second-order valence-electron chi connectivity index (χ2n) is 4.14. The number of benzene rings is 1. The average Bonchev–Trinajstić information content (AvgIpc) is 2.29. The van der Waals surface area contributed by atoms with Crippen molar-refractivity contribution in [2.45, 2.75) is 25.6 Å². The molecule has 2 nitrogen and oxygen atoms in total. The Hall–Kier alpha value is -0.700. The van der Waals surface area contributed by atoms with E-state index >= 15 is 0 Å². The highest BCUT2D eigenvalue weighted by molar-refractivity contribution is 9.08. The number of ether oxygens (including phenoxy) is 2. The van der Waals surface area contributed by atoms with E-state index in [1.165, 1.54) is 0 Å². The summed E-state index contributed by atoms with van der Waals surface area (Å²) in [6.07, 6.45) is 1.08. The largest absolute Gasteiger partial charge is 0.497 e. The monoisotopic (exact) mass is 286 g/mol. The highest BCUT2D eigenvalue weighted by atomic mass is 79.9. The summed E-state index contributed by atoms with van der Waals surface area (Å²) in [6, 6.07) is 5.89. The lowest BCUT2D eigenvalue weighted by atomic mass is 10.1. The molecule has 0 heterocycles. The summed E-state index contributed by atoms with van der Waals surface area (Å²) >= 11 is 3.46. The lowest BCUT2D eigenvalue weighted by Crippen LogP contribution is -2.03. The molecule has 0 bridgehead atoms. The van der Waals surface area contributed by atoms with E-state index in [-0.39, 0.29) is 0 Å². The molecule has 1 aromatic carbocycles. The van der Waals surface area contributed by atoms with Gasteiger partial charge >= 0.3 is 0 Å². The van der Waals surface area contributed by atoms with Crippen molar-refractivity contribution in [2.75, 3.05) is 13.7 Å². The van der Waals surface area contributed by atoms with Crippen molar-refractivity contribution in [2.24, 2.45) is 5.92 Å². The summed E-state index contributed by atoms with van der Waals surface area (Å²) in [7, 11) is 1.67. The molecular formula is C13H19BrO2. The first kappa shape index (κ1) is 13.4. The number of rotatable bonds is 6. The van der Waals surface area contributed by atoms with E-state index in [1.807, 2.05) is 18.2 Å². The maximum Gasteiger partial charge on any atom is 0.123 e. The molecule has 0 unspecified atom stereocenters. The Morgan fingerprint density at radius 3 is 2.62 bits per heavy atom. The van der Waals surface area contributed by atoms with Crippen molar-refractivity contribution < 1.29 is 9.47 Å². The predicted octanol–water partition coefficient (Wildman–Crippen LogP) is 4.02. The van der Waals surface area contributed by atoms with Crippen molar-refractivity contribution in [3.63, 3.8) is 0 Å². The number of methoxy groups -OCH3 is 1. The first-order valence-electron chi connectivity index (χ1n) is 5.53. The van der Waals surface area contributed by atoms with Crippen LogP contribution in [0, 0.1) is 5.92 Å². The molecule has 0 aliphatic rings. The fourth-order valence-corrected chi connectivity index (χ4v) is 1.77. The molecule has 90 valence electrons. The van der Waals surface area contributed by atoms with Gasteiger partial charge in [0.05, 0.1) is 13.7 Å². The zero-order valence-electron chi connectivity index (χ0n) is 10.1. The van der Waals surface area contributed by atoms with Gasteiger partial charge in [-0.3, -0.25) is 0 Å². The molecule has 0 aromatic heterocycles. The van der Waals surface area contributed by atoms with Crippen LogP contribution in [0.2, 0.25) is 0 Å². The average molecular weight is 287 g/mol. The van der Waals surface area contributed by atoms with Crippen LogP contribution in [0.15, 0.2) is 18.2 Å². The molecule has 0 saturated heterocycles. The van der Waals surface area contributed by atoms with Crippen molar-refractivity contribution in [1.29, 1.82) is 0 Å². The second-order valence-corrected chi connectivity index (χ2v) is 4.70. The maximum absolute atomic E-state index is 5.75. The Balaban J connectivity index is 2.64. The van der Waals surface area contributed by atoms with E-state index in [0.29, 0.717) is 5.92 Å². The van der Waals surface area contributed by atoms with Crippen LogP contribution < -0.4 is 9.47 Å². The number of halogens is 1. The molecule has 1 aromatic rings. The Kier molecular flexibility index (Phi) is 5.67. The van der Waals surface area contributed by atoms with Gasteiger partial charge in [-0.25, -0.2) is 0 Å². The van der Waals surface area contributed by atoms with Crippen LogP contribution >= 0.6 is 15.9 Å². The topological polar surface area (TPSA) is 18.5 Å². The van der Waals surface area contributed by atoms with Crippen molar-refractivity contribution in [3.8, 4) is 11.5 Å². The molecule has 0 atom stereocenters. The predicted molar refractivity (Wildman–Crippen MR) is 70.6 cm³/mol. The lowest BCUT2D eigenvalue weighted by Gasteiger charge is -2.12. The van der Waals surface area contributed by atoms with Crippen LogP contribution in [0.3, 0.4) is 0 Å². The van der Waals surface area contributed by atoms with Crippen molar-refractivity contribution in [1.82, 2.24) is 0 Å². The highest BCUT2D eigenvalue weighted by Gasteiger charge is 2.05. The smallest absolute Gasteiger partial charge is 0.123 e. The molecule has 16 heavy (non-hydrogen) atoms. The lowest BCUT2D eigenvalue weighted by molar-refractivity contribution is 0.287. The highest BCUT2D eigenvalue weighted by Crippen LogP contribution is 2.26. The maximum atomic E-state index is 5.75. The fourth-order valence-electron chi connectivity index (χ4n) is 1.33. The zero-order valence-corrected chi connectivity index (χ0v) is 11.7. The van der Waals surface area contributed by atoms with E-state index in [4.69, 9.17) is 9.47 Å². The molecule has 1 rings (SSSR count). The molecule has 0 saturated carbocycles. The van der Waals surface area contributed by atoms with E-state index in [9.17, 15) is 0 Å². The Morgan fingerprint density at radius 1 is 1.31 bits per heavy atom. The number of hydrogen-bond acceptors (Lipinski definition) is 2. The van der Waals surface area contributed by atoms with Crippen molar-refractivity contribution in [3.05, 3.63) is 23.8 Å². The molecule has 0 amide bonds. The van der Waals surface area contributed by atoms with E-state index in [0.717, 1.165) is 35.4 Å². The van der Waals surface area contributed by atoms with Gasteiger partial charge in [-0.2, -0.15) is 0 Å². The molecule has 0 radical (unpaired) electrons. The molecule has 3 heteroatoms. The summed E-state index contributed by atoms with van der Waals surface area (Å²) in [5, 5.41) is 0.779. The van der Waals surface area contributed by atoms with E-state index in [1.54, 1.807) is 7.11 Å². The van der Waals surface area contributed by atoms with E-state index in [2.05, 4.69) is 29.8 Å². The molecule has 0 N–H and O–H groups in total. The quantitative estimate of drug-likeness (QED) is 0.736. The minimum absolute atomic E-state index is 0.672. The molecular weight excluding hydrogens is 268 g/mol. The minimum atomic E-state index is 0.672. The second kappa shape index (κ2) is 6.79. The summed E-state index contributed by atoms with van der Waals surface area (Å²) < 4.78 is 10.9. The first-order valence-corrected chi connectivity index (χ1v) is 6.65. The van der Waals surface area contributed by atoms with Crippen LogP contribution in [-0.2, 0) is 5.33 Å². The first-order chi connectivity index (χ1) is 7.67. The molecule has 0 spiro atoms. The molecule has 0 aliphatic heterocycles. The SMILES string of the molecule is COc1ccc(OCCC(C)C)c(CBr)c1. The van der Waals surface area contributed by atoms with Gasteiger partial charge in [-0.1, -0.05) is 29.8 Å². The van der Waals surface area contributed by atoms with Crippen molar-refractivity contribution >= 4 is 15.9 Å². The van der Waals surface area contributed by atoms with Gasteiger partial charge in [0, 0.05) is 10.9 Å². The molecule has 0 fully saturated rings. The van der Waals surface area contributed by atoms with E-state index < -0.39 is 0 Å². The Labute approximate surface area is 106 Å². The Morgan fingerprint density at radius 2 is 2.06 bits per heavy atom. The third-order valence-corrected chi connectivity index (χ3v) is 2.97. The van der Waals surface area contributed by atoms with Crippen LogP contribution in [0.4, 0.5) is 0 Å². The number of alkyl halides is 1. The van der Waals surface area contributed by atoms with Gasteiger partial charge in [0.1, 0.15) is 11.5 Å². The molecule has 0 aliphatic carbocycles. The van der Waals surface area contributed by atoms with Crippen LogP contribution in [-0.4, -0.2) is 13.7 Å². The fraction of sp³-hybridized carbons (Fsp3) is 0.538. The standard InChI is InChI=1S/C13H19BrO2/c1-10(2)6-7-16-13-5-4-12(15-3)8-11(13)9-14/h4-5,8,10H,6-7,9H2,1-3H3. The number of hydrogen-bond donors (Lipinski definition) is 0. The minimum Gasteiger partial charge on any atom is -0.497 e. The van der Waals surface area contributed by atoms with Gasteiger partial charge < -0.3 is 9.47 Å².